The number of carbonyl (C=O) groups is 3. The minimum absolute atomic E-state index is 0.249. The van der Waals surface area contributed by atoms with Gasteiger partial charge in [0.25, 0.3) is 0 Å². The molecule has 3 aromatic rings. The lowest BCUT2D eigenvalue weighted by molar-refractivity contribution is -0.136. The molecule has 0 unspecified atom stereocenters. The highest BCUT2D eigenvalue weighted by atomic mass is 16.5. The van der Waals surface area contributed by atoms with Gasteiger partial charge in [0, 0.05) is 11.3 Å². The van der Waals surface area contributed by atoms with Crippen LogP contribution in [-0.4, -0.2) is 24.0 Å². The van der Waals surface area contributed by atoms with Gasteiger partial charge in [0.05, 0.1) is 23.4 Å². The fourth-order valence-corrected chi connectivity index (χ4v) is 2.64. The molecule has 8 nitrogen and oxygen atoms in total. The predicted octanol–water partition coefficient (Wildman–Crippen LogP) is 3.17. The number of esters is 1. The average molecular weight is 426 g/mol. The van der Waals surface area contributed by atoms with Gasteiger partial charge in [0.2, 0.25) is 0 Å². The quantitative estimate of drug-likeness (QED) is 0.213. The van der Waals surface area contributed by atoms with Crippen LogP contribution in [0.3, 0.4) is 0 Å². The van der Waals surface area contributed by atoms with E-state index in [1.807, 2.05) is 19.1 Å². The molecule has 0 fully saturated rings. The van der Waals surface area contributed by atoms with Crippen molar-refractivity contribution in [3.05, 3.63) is 95.1 Å². The number of para-hydroxylation sites is 1. The Morgan fingerprint density at radius 3 is 2.44 bits per heavy atom. The highest BCUT2D eigenvalue weighted by Gasteiger charge is 2.14. The van der Waals surface area contributed by atoms with E-state index in [9.17, 15) is 14.4 Å². The fraction of sp³-hybridized carbons (Fsp3) is 0.0417. The van der Waals surface area contributed by atoms with Crippen LogP contribution in [0.25, 0.3) is 0 Å². The van der Waals surface area contributed by atoms with Crippen LogP contribution in [0.2, 0.25) is 0 Å². The lowest BCUT2D eigenvalue weighted by Crippen LogP contribution is -2.32. The first-order valence-corrected chi connectivity index (χ1v) is 9.48. The number of anilines is 1. The van der Waals surface area contributed by atoms with E-state index in [1.165, 1.54) is 30.5 Å². The Hall–Kier alpha value is -4.77. The molecule has 0 saturated carbocycles. The van der Waals surface area contributed by atoms with Crippen molar-refractivity contribution in [2.75, 3.05) is 5.32 Å². The Labute approximate surface area is 184 Å². The molecule has 0 atom stereocenters. The van der Waals surface area contributed by atoms with E-state index < -0.39 is 17.8 Å². The number of nitriles is 1. The van der Waals surface area contributed by atoms with E-state index in [1.54, 1.807) is 42.5 Å². The molecule has 0 saturated heterocycles. The van der Waals surface area contributed by atoms with Gasteiger partial charge >= 0.3 is 17.8 Å². The van der Waals surface area contributed by atoms with Crippen molar-refractivity contribution < 1.29 is 19.1 Å². The first-order valence-electron chi connectivity index (χ1n) is 9.48. The van der Waals surface area contributed by atoms with E-state index in [0.29, 0.717) is 22.4 Å². The van der Waals surface area contributed by atoms with Crippen molar-refractivity contribution in [3.63, 3.8) is 0 Å². The van der Waals surface area contributed by atoms with Crippen molar-refractivity contribution in [3.8, 4) is 11.8 Å². The van der Waals surface area contributed by atoms with Gasteiger partial charge in [-0.15, -0.1) is 0 Å². The molecule has 2 amide bonds. The number of ether oxygens (including phenoxy) is 1. The van der Waals surface area contributed by atoms with Gasteiger partial charge in [0.1, 0.15) is 5.75 Å². The summed E-state index contributed by atoms with van der Waals surface area (Å²) in [4.78, 5) is 36.3. The number of aryl methyl sites for hydroxylation is 1. The maximum Gasteiger partial charge on any atom is 0.343 e. The van der Waals surface area contributed by atoms with Crippen LogP contribution in [0.15, 0.2) is 77.9 Å². The molecular weight excluding hydrogens is 408 g/mol. The molecular formula is C24H18N4O4. The second kappa shape index (κ2) is 10.3. The Morgan fingerprint density at radius 1 is 0.969 bits per heavy atom. The second-order valence-electron chi connectivity index (χ2n) is 6.64. The molecule has 0 aromatic heterocycles. The van der Waals surface area contributed by atoms with Crippen molar-refractivity contribution >= 4 is 29.7 Å². The summed E-state index contributed by atoms with van der Waals surface area (Å²) in [5.41, 5.74) is 4.68. The van der Waals surface area contributed by atoms with Crippen LogP contribution >= 0.6 is 0 Å². The maximum absolute atomic E-state index is 12.4. The van der Waals surface area contributed by atoms with Gasteiger partial charge in [-0.1, -0.05) is 29.8 Å². The molecule has 0 spiro atoms. The second-order valence-corrected chi connectivity index (χ2v) is 6.64. The van der Waals surface area contributed by atoms with Gasteiger partial charge in [-0.3, -0.25) is 9.59 Å². The van der Waals surface area contributed by atoms with Crippen molar-refractivity contribution in [2.24, 2.45) is 5.10 Å². The summed E-state index contributed by atoms with van der Waals surface area (Å²) in [6.07, 6.45) is 1.27. The van der Waals surface area contributed by atoms with Crippen molar-refractivity contribution in [1.82, 2.24) is 5.43 Å². The molecule has 3 aromatic carbocycles. The van der Waals surface area contributed by atoms with Crippen LogP contribution in [0.4, 0.5) is 5.69 Å². The summed E-state index contributed by atoms with van der Waals surface area (Å²) in [7, 11) is 0. The predicted molar refractivity (Wildman–Crippen MR) is 118 cm³/mol. The standard InChI is InChI=1S/C24H18N4O4/c1-16-5-4-7-18(13-16)24(31)32-21-8-3-2-6-19(21)15-26-28-23(30)22(29)27-20-11-9-17(14-25)10-12-20/h2-13,15H,1H3,(H,27,29)(H,28,30). The first-order chi connectivity index (χ1) is 15.5. The number of hydrogen-bond acceptors (Lipinski definition) is 6. The van der Waals surface area contributed by atoms with Crippen molar-refractivity contribution in [2.45, 2.75) is 6.92 Å². The first kappa shape index (κ1) is 21.9. The summed E-state index contributed by atoms with van der Waals surface area (Å²) < 4.78 is 5.44. The Bertz CT molecular complexity index is 1230. The van der Waals surface area contributed by atoms with Crippen molar-refractivity contribution in [1.29, 1.82) is 5.26 Å². The SMILES string of the molecule is Cc1cccc(C(=O)Oc2ccccc2C=NNC(=O)C(=O)Nc2ccc(C#N)cc2)c1. The Balaban J connectivity index is 1.61. The third-order valence-electron chi connectivity index (χ3n) is 4.22. The molecule has 8 heteroatoms. The number of nitrogens with one attached hydrogen (secondary N) is 2. The van der Waals surface area contributed by atoms with Crippen LogP contribution in [-0.2, 0) is 9.59 Å². The highest BCUT2D eigenvalue weighted by molar-refractivity contribution is 6.39. The number of hydrazone groups is 1. The minimum atomic E-state index is -0.986. The molecule has 0 radical (unpaired) electrons. The molecule has 0 aliphatic rings. The molecule has 0 aliphatic carbocycles. The molecule has 158 valence electrons. The third kappa shape index (κ3) is 5.87. The minimum Gasteiger partial charge on any atom is -0.422 e. The largest absolute Gasteiger partial charge is 0.422 e. The zero-order valence-corrected chi connectivity index (χ0v) is 17.0. The Morgan fingerprint density at radius 2 is 1.72 bits per heavy atom. The summed E-state index contributed by atoms with van der Waals surface area (Å²) in [5, 5.41) is 14.9. The summed E-state index contributed by atoms with van der Waals surface area (Å²) >= 11 is 0. The molecule has 3 rings (SSSR count). The molecule has 2 N–H and O–H groups in total. The normalized spacial score (nSPS) is 10.2. The molecule has 32 heavy (non-hydrogen) atoms. The fourth-order valence-electron chi connectivity index (χ4n) is 2.64. The van der Waals surface area contributed by atoms with Gasteiger partial charge < -0.3 is 10.1 Å². The van der Waals surface area contributed by atoms with Gasteiger partial charge in [-0.05, 0) is 55.5 Å². The van der Waals surface area contributed by atoms with Crippen LogP contribution in [0.1, 0.15) is 27.0 Å². The van der Waals surface area contributed by atoms with Crippen LogP contribution in [0.5, 0.6) is 5.75 Å². The zero-order valence-electron chi connectivity index (χ0n) is 17.0. The smallest absolute Gasteiger partial charge is 0.343 e. The average Bonchev–Trinajstić information content (AvgIpc) is 2.80. The van der Waals surface area contributed by atoms with E-state index in [0.717, 1.165) is 5.56 Å². The highest BCUT2D eigenvalue weighted by Crippen LogP contribution is 2.18. The van der Waals surface area contributed by atoms with Crippen LogP contribution in [0, 0.1) is 18.3 Å². The van der Waals surface area contributed by atoms with Gasteiger partial charge in [-0.25, -0.2) is 10.2 Å². The summed E-state index contributed by atoms with van der Waals surface area (Å²) in [6, 6.07) is 21.6. The van der Waals surface area contributed by atoms with E-state index >= 15 is 0 Å². The van der Waals surface area contributed by atoms with Gasteiger partial charge in [0.15, 0.2) is 0 Å². The molecule has 0 heterocycles. The number of carbonyl (C=O) groups excluding carboxylic acids is 3. The lowest BCUT2D eigenvalue weighted by atomic mass is 10.1. The van der Waals surface area contributed by atoms with Crippen LogP contribution < -0.4 is 15.5 Å². The van der Waals surface area contributed by atoms with E-state index in [4.69, 9.17) is 10.00 Å². The van der Waals surface area contributed by atoms with E-state index in [-0.39, 0.29) is 5.75 Å². The lowest BCUT2D eigenvalue weighted by Gasteiger charge is -2.08. The number of nitrogens with zero attached hydrogens (tertiary/aromatic N) is 2. The molecule has 0 bridgehead atoms. The third-order valence-corrected chi connectivity index (χ3v) is 4.22. The topological polar surface area (TPSA) is 121 Å². The summed E-state index contributed by atoms with van der Waals surface area (Å²) in [5.74, 6) is -2.19. The van der Waals surface area contributed by atoms with E-state index in [2.05, 4.69) is 15.8 Å². The number of rotatable bonds is 5. The number of hydrogen-bond donors (Lipinski definition) is 2. The zero-order chi connectivity index (χ0) is 22.9. The maximum atomic E-state index is 12.4. The summed E-state index contributed by atoms with van der Waals surface area (Å²) in [6.45, 7) is 1.87. The Kier molecular flexibility index (Phi) is 7.07. The number of benzene rings is 3. The number of amides is 2. The molecule has 0 aliphatic heterocycles. The van der Waals surface area contributed by atoms with Gasteiger partial charge in [-0.2, -0.15) is 10.4 Å². The monoisotopic (exact) mass is 426 g/mol.